The molecule has 2 rings (SSSR count). The smallest absolute Gasteiger partial charge is 0.122 e. The maximum atomic E-state index is 7.41. The summed E-state index contributed by atoms with van der Waals surface area (Å²) in [4.78, 5) is 2.23. The van der Waals surface area contributed by atoms with Crippen molar-refractivity contribution >= 4 is 17.2 Å². The summed E-state index contributed by atoms with van der Waals surface area (Å²) in [5.41, 5.74) is 9.76. The summed E-state index contributed by atoms with van der Waals surface area (Å²) in [6, 6.07) is 16.2. The largest absolute Gasteiger partial charge is 0.384 e. The Labute approximate surface area is 114 Å². The maximum absolute atomic E-state index is 7.41. The summed E-state index contributed by atoms with van der Waals surface area (Å²) < 4.78 is 0. The van der Waals surface area contributed by atoms with E-state index in [1.54, 1.807) is 0 Å². The summed E-state index contributed by atoms with van der Waals surface area (Å²) in [6.07, 6.45) is 0. The van der Waals surface area contributed by atoms with Gasteiger partial charge in [0.1, 0.15) is 5.84 Å². The lowest BCUT2D eigenvalue weighted by atomic mass is 10.1. The van der Waals surface area contributed by atoms with Gasteiger partial charge in [0.25, 0.3) is 0 Å². The van der Waals surface area contributed by atoms with E-state index in [1.807, 2.05) is 24.3 Å². The predicted octanol–water partition coefficient (Wildman–Crippen LogP) is 3.44. The van der Waals surface area contributed by atoms with E-state index in [0.29, 0.717) is 0 Å². The van der Waals surface area contributed by atoms with E-state index in [2.05, 4.69) is 43.0 Å². The number of nitrogens with zero attached hydrogens (tertiary/aromatic N) is 1. The molecule has 0 unspecified atom stereocenters. The van der Waals surface area contributed by atoms with Gasteiger partial charge in [-0.15, -0.1) is 0 Å². The zero-order chi connectivity index (χ0) is 13.8. The summed E-state index contributed by atoms with van der Waals surface area (Å²) in [5, 5.41) is 7.41. The highest BCUT2D eigenvalue weighted by Gasteiger charge is 2.07. The van der Waals surface area contributed by atoms with Gasteiger partial charge >= 0.3 is 0 Å². The molecule has 2 aromatic carbocycles. The molecular weight excluding hydrogens is 234 g/mol. The van der Waals surface area contributed by atoms with Crippen LogP contribution >= 0.6 is 0 Å². The van der Waals surface area contributed by atoms with E-state index < -0.39 is 0 Å². The van der Waals surface area contributed by atoms with Crippen molar-refractivity contribution in [2.75, 3.05) is 11.4 Å². The second-order valence-corrected chi connectivity index (χ2v) is 4.54. The van der Waals surface area contributed by atoms with Gasteiger partial charge in [-0.25, -0.2) is 0 Å². The fraction of sp³-hybridized carbons (Fsp3) is 0.188. The Morgan fingerprint density at radius 1 is 1.11 bits per heavy atom. The summed E-state index contributed by atoms with van der Waals surface area (Å²) >= 11 is 0. The minimum absolute atomic E-state index is 0.102. The highest BCUT2D eigenvalue weighted by molar-refractivity contribution is 5.95. The first-order valence-corrected chi connectivity index (χ1v) is 6.40. The lowest BCUT2D eigenvalue weighted by Crippen LogP contribution is -2.16. The minimum atomic E-state index is 0.102. The molecule has 0 heterocycles. The van der Waals surface area contributed by atoms with Crippen LogP contribution in [0.15, 0.2) is 48.5 Å². The summed E-state index contributed by atoms with van der Waals surface area (Å²) in [7, 11) is 0. The van der Waals surface area contributed by atoms with Gasteiger partial charge in [0.2, 0.25) is 0 Å². The number of benzene rings is 2. The zero-order valence-electron chi connectivity index (χ0n) is 11.4. The number of hydrogen-bond acceptors (Lipinski definition) is 2. The number of amidine groups is 1. The van der Waals surface area contributed by atoms with Crippen molar-refractivity contribution < 1.29 is 0 Å². The number of hydrogen-bond donors (Lipinski definition) is 2. The van der Waals surface area contributed by atoms with Crippen molar-refractivity contribution in [2.24, 2.45) is 5.73 Å². The monoisotopic (exact) mass is 253 g/mol. The van der Waals surface area contributed by atoms with E-state index in [-0.39, 0.29) is 5.84 Å². The number of rotatable bonds is 4. The molecule has 0 aliphatic carbocycles. The number of nitrogens with one attached hydrogen (secondary N) is 1. The molecule has 3 N–H and O–H groups in total. The molecule has 98 valence electrons. The Hall–Kier alpha value is -2.29. The van der Waals surface area contributed by atoms with Gasteiger partial charge < -0.3 is 10.6 Å². The molecule has 3 nitrogen and oxygen atoms in total. The van der Waals surface area contributed by atoms with Crippen LogP contribution in [-0.4, -0.2) is 12.4 Å². The Morgan fingerprint density at radius 2 is 1.79 bits per heavy atom. The standard InChI is InChI=1S/C16H19N3/c1-3-19(15-6-4-5-12(2)11-15)14-9-7-13(8-10-14)16(17)18/h4-11H,3H2,1-2H3,(H3,17,18). The van der Waals surface area contributed by atoms with Gasteiger partial charge in [0, 0.05) is 23.5 Å². The van der Waals surface area contributed by atoms with Crippen LogP contribution in [0.3, 0.4) is 0 Å². The third kappa shape index (κ3) is 2.94. The molecule has 0 saturated heterocycles. The normalized spacial score (nSPS) is 10.2. The van der Waals surface area contributed by atoms with E-state index >= 15 is 0 Å². The number of aryl methyl sites for hydroxylation is 1. The average Bonchev–Trinajstić information content (AvgIpc) is 2.40. The minimum Gasteiger partial charge on any atom is -0.384 e. The molecule has 0 saturated carbocycles. The summed E-state index contributed by atoms with van der Waals surface area (Å²) in [6.45, 7) is 5.11. The Bertz CT molecular complexity index is 573. The van der Waals surface area contributed by atoms with Crippen LogP contribution in [0.25, 0.3) is 0 Å². The molecule has 0 aromatic heterocycles. The molecule has 3 heteroatoms. The van der Waals surface area contributed by atoms with Crippen LogP contribution < -0.4 is 10.6 Å². The van der Waals surface area contributed by atoms with E-state index in [1.165, 1.54) is 11.3 Å². The average molecular weight is 253 g/mol. The molecule has 0 aliphatic rings. The van der Waals surface area contributed by atoms with Gasteiger partial charge in [-0.05, 0) is 55.8 Å². The van der Waals surface area contributed by atoms with Crippen molar-refractivity contribution in [1.29, 1.82) is 5.41 Å². The van der Waals surface area contributed by atoms with Crippen molar-refractivity contribution in [3.63, 3.8) is 0 Å². The van der Waals surface area contributed by atoms with Crippen LogP contribution in [0.4, 0.5) is 11.4 Å². The molecule has 0 radical (unpaired) electrons. The first-order chi connectivity index (χ1) is 9.11. The third-order valence-corrected chi connectivity index (χ3v) is 3.12. The van der Waals surface area contributed by atoms with Crippen LogP contribution in [0.5, 0.6) is 0 Å². The second kappa shape index (κ2) is 5.57. The number of nitrogens with two attached hydrogens (primary N) is 1. The highest BCUT2D eigenvalue weighted by Crippen LogP contribution is 2.25. The molecule has 0 atom stereocenters. The first kappa shape index (κ1) is 13.1. The molecule has 0 aliphatic heterocycles. The second-order valence-electron chi connectivity index (χ2n) is 4.54. The Morgan fingerprint density at radius 3 is 2.32 bits per heavy atom. The summed E-state index contributed by atoms with van der Waals surface area (Å²) in [5.74, 6) is 0.102. The van der Waals surface area contributed by atoms with Gasteiger partial charge in [-0.3, -0.25) is 5.41 Å². The van der Waals surface area contributed by atoms with Gasteiger partial charge in [-0.1, -0.05) is 12.1 Å². The van der Waals surface area contributed by atoms with E-state index in [4.69, 9.17) is 11.1 Å². The fourth-order valence-corrected chi connectivity index (χ4v) is 2.13. The topological polar surface area (TPSA) is 53.1 Å². The van der Waals surface area contributed by atoms with Crippen LogP contribution in [-0.2, 0) is 0 Å². The number of nitrogen functional groups attached to an aromatic ring is 1. The van der Waals surface area contributed by atoms with Crippen molar-refractivity contribution in [2.45, 2.75) is 13.8 Å². The fourth-order valence-electron chi connectivity index (χ4n) is 2.13. The quantitative estimate of drug-likeness (QED) is 0.648. The van der Waals surface area contributed by atoms with Gasteiger partial charge in [0.15, 0.2) is 0 Å². The zero-order valence-corrected chi connectivity index (χ0v) is 11.4. The maximum Gasteiger partial charge on any atom is 0.122 e. The van der Waals surface area contributed by atoms with Gasteiger partial charge in [-0.2, -0.15) is 0 Å². The van der Waals surface area contributed by atoms with Crippen molar-refractivity contribution in [1.82, 2.24) is 0 Å². The van der Waals surface area contributed by atoms with Gasteiger partial charge in [0.05, 0.1) is 0 Å². The lowest BCUT2D eigenvalue weighted by molar-refractivity contribution is 1.02. The van der Waals surface area contributed by atoms with Crippen LogP contribution in [0, 0.1) is 12.3 Å². The lowest BCUT2D eigenvalue weighted by Gasteiger charge is -2.24. The third-order valence-electron chi connectivity index (χ3n) is 3.12. The predicted molar refractivity (Wildman–Crippen MR) is 81.3 cm³/mol. The molecule has 19 heavy (non-hydrogen) atoms. The van der Waals surface area contributed by atoms with Crippen molar-refractivity contribution in [3.05, 3.63) is 59.7 Å². The molecule has 0 bridgehead atoms. The Kier molecular flexibility index (Phi) is 3.85. The molecule has 0 fully saturated rings. The highest BCUT2D eigenvalue weighted by atomic mass is 15.1. The molecule has 2 aromatic rings. The van der Waals surface area contributed by atoms with E-state index in [9.17, 15) is 0 Å². The molecule has 0 amide bonds. The number of anilines is 2. The van der Waals surface area contributed by atoms with Crippen LogP contribution in [0.2, 0.25) is 0 Å². The SMILES string of the molecule is CCN(c1ccc(C(=N)N)cc1)c1cccc(C)c1. The van der Waals surface area contributed by atoms with E-state index in [0.717, 1.165) is 17.8 Å². The van der Waals surface area contributed by atoms with Crippen molar-refractivity contribution in [3.8, 4) is 0 Å². The van der Waals surface area contributed by atoms with Crippen LogP contribution in [0.1, 0.15) is 18.1 Å². The first-order valence-electron chi connectivity index (χ1n) is 6.40. The molecule has 0 spiro atoms. The Balaban J connectivity index is 2.34. The molecular formula is C16H19N3.